The Hall–Kier alpha value is -1.72. The lowest BCUT2D eigenvalue weighted by Crippen LogP contribution is -2.23. The van der Waals surface area contributed by atoms with Crippen LogP contribution in [-0.4, -0.2) is 28.1 Å². The van der Waals surface area contributed by atoms with E-state index in [1.165, 1.54) is 0 Å². The first-order valence-electron chi connectivity index (χ1n) is 5.62. The third kappa shape index (κ3) is 3.15. The van der Waals surface area contributed by atoms with Gasteiger partial charge in [0, 0.05) is 24.0 Å². The summed E-state index contributed by atoms with van der Waals surface area (Å²) in [6, 6.07) is 1.98. The topological polar surface area (TPSA) is 42.2 Å². The van der Waals surface area contributed by atoms with E-state index in [4.69, 9.17) is 4.52 Å². The summed E-state index contributed by atoms with van der Waals surface area (Å²) in [6.07, 6.45) is 3.69. The van der Waals surface area contributed by atoms with Crippen LogP contribution < -0.4 is 0 Å². The van der Waals surface area contributed by atoms with Crippen LogP contribution in [0.5, 0.6) is 0 Å². The smallest absolute Gasteiger partial charge is 0.241 e. The van der Waals surface area contributed by atoms with E-state index in [2.05, 4.69) is 28.2 Å². The van der Waals surface area contributed by atoms with Gasteiger partial charge >= 0.3 is 0 Å². The van der Waals surface area contributed by atoms with Crippen LogP contribution in [0.1, 0.15) is 5.89 Å². The highest BCUT2D eigenvalue weighted by atomic mass is 32.1. The summed E-state index contributed by atoms with van der Waals surface area (Å²) < 4.78 is 5.24. The Labute approximate surface area is 110 Å². The number of thiophene rings is 1. The molecule has 0 aliphatic carbocycles. The average Bonchev–Trinajstić information content (AvgIpc) is 2.98. The summed E-state index contributed by atoms with van der Waals surface area (Å²) in [5.41, 5.74) is 0.994. The van der Waals surface area contributed by atoms with E-state index < -0.39 is 0 Å². The molecule has 18 heavy (non-hydrogen) atoms. The molecule has 0 spiro atoms. The zero-order chi connectivity index (χ0) is 12.8. The first-order valence-corrected chi connectivity index (χ1v) is 6.57. The first kappa shape index (κ1) is 12.7. The number of hydrogen-bond donors (Lipinski definition) is 0. The maximum atomic E-state index is 5.24. The summed E-state index contributed by atoms with van der Waals surface area (Å²) in [5, 5.41) is 7.97. The minimum atomic E-state index is 0.606. The zero-order valence-corrected chi connectivity index (χ0v) is 10.9. The molecule has 0 N–H and O–H groups in total. The molecule has 0 bridgehead atoms. The monoisotopic (exact) mass is 261 g/mol. The molecule has 0 amide bonds. The second-order valence-electron chi connectivity index (χ2n) is 3.80. The van der Waals surface area contributed by atoms with Crippen molar-refractivity contribution < 1.29 is 4.52 Å². The zero-order valence-electron chi connectivity index (χ0n) is 10.1. The fraction of sp³-hybridized carbons (Fsp3) is 0.231. The molecule has 0 unspecified atom stereocenters. The van der Waals surface area contributed by atoms with E-state index >= 15 is 0 Å². The van der Waals surface area contributed by atoms with Gasteiger partial charge in [0.15, 0.2) is 0 Å². The van der Waals surface area contributed by atoms with Gasteiger partial charge in [-0.15, -0.1) is 13.2 Å². The normalized spacial score (nSPS) is 10.7. The third-order valence-electron chi connectivity index (χ3n) is 2.38. The van der Waals surface area contributed by atoms with Gasteiger partial charge in [-0.25, -0.2) is 0 Å². The highest BCUT2D eigenvalue weighted by Crippen LogP contribution is 2.19. The van der Waals surface area contributed by atoms with Gasteiger partial charge in [0.1, 0.15) is 0 Å². The average molecular weight is 261 g/mol. The highest BCUT2D eigenvalue weighted by Gasteiger charge is 2.11. The summed E-state index contributed by atoms with van der Waals surface area (Å²) in [7, 11) is 0. The summed E-state index contributed by atoms with van der Waals surface area (Å²) >= 11 is 1.62. The standard InChI is InChI=1S/C13H15N3OS/c1-3-6-16(7-4-2)9-12-14-13(15-17-12)11-5-8-18-10-11/h3-5,8,10H,1-2,6-7,9H2. The Morgan fingerprint density at radius 3 is 2.72 bits per heavy atom. The molecule has 0 fully saturated rings. The van der Waals surface area contributed by atoms with Crippen molar-refractivity contribution in [1.82, 2.24) is 15.0 Å². The molecule has 4 nitrogen and oxygen atoms in total. The molecule has 2 heterocycles. The lowest BCUT2D eigenvalue weighted by molar-refractivity contribution is 0.266. The lowest BCUT2D eigenvalue weighted by Gasteiger charge is -2.15. The van der Waals surface area contributed by atoms with Crippen LogP contribution in [0.2, 0.25) is 0 Å². The van der Waals surface area contributed by atoms with Crippen molar-refractivity contribution in [1.29, 1.82) is 0 Å². The van der Waals surface area contributed by atoms with Gasteiger partial charge in [-0.3, -0.25) is 4.90 Å². The minimum absolute atomic E-state index is 0.606. The van der Waals surface area contributed by atoms with Crippen LogP contribution in [0, 0.1) is 0 Å². The Balaban J connectivity index is 2.05. The van der Waals surface area contributed by atoms with Gasteiger partial charge < -0.3 is 4.52 Å². The van der Waals surface area contributed by atoms with E-state index in [9.17, 15) is 0 Å². The maximum absolute atomic E-state index is 5.24. The van der Waals surface area contributed by atoms with Crippen LogP contribution in [0.4, 0.5) is 0 Å². The van der Waals surface area contributed by atoms with Crippen LogP contribution >= 0.6 is 11.3 Å². The van der Waals surface area contributed by atoms with Gasteiger partial charge in [-0.2, -0.15) is 16.3 Å². The fourth-order valence-electron chi connectivity index (χ4n) is 1.59. The molecule has 0 saturated heterocycles. The second-order valence-corrected chi connectivity index (χ2v) is 4.58. The maximum Gasteiger partial charge on any atom is 0.241 e. The Kier molecular flexibility index (Phi) is 4.44. The predicted octanol–water partition coefficient (Wildman–Crippen LogP) is 2.97. The molecule has 0 aromatic carbocycles. The third-order valence-corrected chi connectivity index (χ3v) is 3.06. The largest absolute Gasteiger partial charge is 0.338 e. The van der Waals surface area contributed by atoms with Crippen molar-refractivity contribution in [2.24, 2.45) is 0 Å². The molecule has 0 aliphatic rings. The van der Waals surface area contributed by atoms with E-state index in [-0.39, 0.29) is 0 Å². The molecular weight excluding hydrogens is 246 g/mol. The molecule has 2 aromatic heterocycles. The number of rotatable bonds is 7. The van der Waals surface area contributed by atoms with Crippen LogP contribution in [-0.2, 0) is 6.54 Å². The summed E-state index contributed by atoms with van der Waals surface area (Å²) in [5.74, 6) is 1.25. The van der Waals surface area contributed by atoms with Crippen molar-refractivity contribution in [2.45, 2.75) is 6.54 Å². The second kappa shape index (κ2) is 6.28. The number of hydrogen-bond acceptors (Lipinski definition) is 5. The first-order chi connectivity index (χ1) is 8.83. The molecule has 0 saturated carbocycles. The van der Waals surface area contributed by atoms with Crippen LogP contribution in [0.3, 0.4) is 0 Å². The quantitative estimate of drug-likeness (QED) is 0.719. The molecule has 5 heteroatoms. The molecule has 0 atom stereocenters. The fourth-order valence-corrected chi connectivity index (χ4v) is 2.22. The van der Waals surface area contributed by atoms with E-state index in [0.717, 1.165) is 18.7 Å². The number of nitrogens with zero attached hydrogens (tertiary/aromatic N) is 3. The molecule has 0 radical (unpaired) electrons. The molecule has 2 aromatic rings. The molecule has 94 valence electrons. The van der Waals surface area contributed by atoms with E-state index in [1.807, 2.05) is 29.0 Å². The van der Waals surface area contributed by atoms with Crippen molar-refractivity contribution >= 4 is 11.3 Å². The van der Waals surface area contributed by atoms with Gasteiger partial charge in [-0.1, -0.05) is 17.3 Å². The Morgan fingerprint density at radius 1 is 1.33 bits per heavy atom. The summed E-state index contributed by atoms with van der Waals surface area (Å²) in [4.78, 5) is 6.49. The van der Waals surface area contributed by atoms with Gasteiger partial charge in [-0.05, 0) is 11.4 Å². The van der Waals surface area contributed by atoms with Crippen LogP contribution in [0.25, 0.3) is 11.4 Å². The van der Waals surface area contributed by atoms with Gasteiger partial charge in [0.25, 0.3) is 0 Å². The Morgan fingerprint density at radius 2 is 2.11 bits per heavy atom. The lowest BCUT2D eigenvalue weighted by atomic mass is 10.3. The number of aromatic nitrogens is 2. The van der Waals surface area contributed by atoms with Crippen molar-refractivity contribution in [2.75, 3.05) is 13.1 Å². The van der Waals surface area contributed by atoms with E-state index in [0.29, 0.717) is 18.3 Å². The molecule has 2 rings (SSSR count). The van der Waals surface area contributed by atoms with Crippen molar-refractivity contribution in [3.63, 3.8) is 0 Å². The Bertz CT molecular complexity index is 494. The van der Waals surface area contributed by atoms with Gasteiger partial charge in [0.2, 0.25) is 11.7 Å². The highest BCUT2D eigenvalue weighted by molar-refractivity contribution is 7.08. The predicted molar refractivity (Wildman–Crippen MR) is 73.3 cm³/mol. The van der Waals surface area contributed by atoms with Crippen molar-refractivity contribution in [3.05, 3.63) is 48.0 Å². The molecule has 0 aliphatic heterocycles. The van der Waals surface area contributed by atoms with Crippen LogP contribution in [0.15, 0.2) is 46.7 Å². The SMILES string of the molecule is C=CCN(CC=C)Cc1nc(-c2ccsc2)no1. The summed E-state index contributed by atoms with van der Waals surface area (Å²) in [6.45, 7) is 9.60. The van der Waals surface area contributed by atoms with Gasteiger partial charge in [0.05, 0.1) is 6.54 Å². The minimum Gasteiger partial charge on any atom is -0.338 e. The van der Waals surface area contributed by atoms with E-state index in [1.54, 1.807) is 11.3 Å². The molecular formula is C13H15N3OS. The van der Waals surface area contributed by atoms with Crippen molar-refractivity contribution in [3.8, 4) is 11.4 Å².